The van der Waals surface area contributed by atoms with Gasteiger partial charge in [-0.2, -0.15) is 0 Å². The minimum Gasteiger partial charge on any atom is -0.308 e. The molecule has 1 unspecified atom stereocenters. The summed E-state index contributed by atoms with van der Waals surface area (Å²) in [5.41, 5.74) is 6.76. The highest BCUT2D eigenvalue weighted by Crippen LogP contribution is 2.37. The molecule has 1 aliphatic rings. The molecule has 1 aliphatic heterocycles. The van der Waals surface area contributed by atoms with Crippen molar-refractivity contribution in [2.45, 2.75) is 32.9 Å². The maximum absolute atomic E-state index is 12.6. The standard InChI is InChI=1S/C24H25N5O2S/c1-15(2)29-20(30)13-12-19(28-29)22-21(17-9-5-4-6-10-17)26-24(32-22)27-23(31)25-18-11-7-8-16(3)14-18/h4-15,19,28H,1-3H3,(H2,25,26,27,31). The van der Waals surface area contributed by atoms with Crippen LogP contribution in [0, 0.1) is 6.92 Å². The maximum atomic E-state index is 12.6. The molecule has 8 heteroatoms. The number of benzene rings is 2. The zero-order chi connectivity index (χ0) is 22.7. The number of hydrogen-bond acceptors (Lipinski definition) is 5. The largest absolute Gasteiger partial charge is 0.325 e. The third-order valence-corrected chi connectivity index (χ3v) is 6.00. The number of rotatable bonds is 5. The summed E-state index contributed by atoms with van der Waals surface area (Å²) in [6, 6.07) is 16.8. The minimum atomic E-state index is -0.360. The number of anilines is 2. The lowest BCUT2D eigenvalue weighted by atomic mass is 10.1. The molecule has 1 aromatic heterocycles. The van der Waals surface area contributed by atoms with E-state index in [9.17, 15) is 9.59 Å². The number of hydrogen-bond donors (Lipinski definition) is 3. The van der Waals surface area contributed by atoms with Crippen molar-refractivity contribution < 1.29 is 9.59 Å². The van der Waals surface area contributed by atoms with E-state index < -0.39 is 0 Å². The third-order valence-electron chi connectivity index (χ3n) is 4.94. The van der Waals surface area contributed by atoms with E-state index in [0.29, 0.717) is 10.8 Å². The minimum absolute atomic E-state index is 0.000694. The second-order valence-corrected chi connectivity index (χ2v) is 8.85. The molecule has 0 saturated carbocycles. The van der Waals surface area contributed by atoms with E-state index in [0.717, 1.165) is 21.7 Å². The van der Waals surface area contributed by atoms with Gasteiger partial charge in [-0.15, -0.1) is 0 Å². The van der Waals surface area contributed by atoms with Gasteiger partial charge in [0.25, 0.3) is 5.91 Å². The predicted molar refractivity (Wildman–Crippen MR) is 128 cm³/mol. The Morgan fingerprint density at radius 3 is 2.62 bits per heavy atom. The zero-order valence-corrected chi connectivity index (χ0v) is 18.9. The number of amides is 3. The Bertz CT molecular complexity index is 1160. The van der Waals surface area contributed by atoms with E-state index >= 15 is 0 Å². The second kappa shape index (κ2) is 9.33. The monoisotopic (exact) mass is 447 g/mol. The van der Waals surface area contributed by atoms with Gasteiger partial charge in [-0.25, -0.2) is 15.2 Å². The smallest absolute Gasteiger partial charge is 0.308 e. The Morgan fingerprint density at radius 2 is 1.91 bits per heavy atom. The number of nitrogens with one attached hydrogen (secondary N) is 3. The van der Waals surface area contributed by atoms with Gasteiger partial charge in [-0.05, 0) is 38.5 Å². The topological polar surface area (TPSA) is 86.4 Å². The fourth-order valence-electron chi connectivity index (χ4n) is 3.45. The Balaban J connectivity index is 1.62. The lowest BCUT2D eigenvalue weighted by Gasteiger charge is -2.32. The number of aryl methyl sites for hydroxylation is 1. The normalized spacial score (nSPS) is 15.8. The van der Waals surface area contributed by atoms with Gasteiger partial charge >= 0.3 is 6.03 Å². The fraction of sp³-hybridized carbons (Fsp3) is 0.208. The first kappa shape index (κ1) is 21.7. The summed E-state index contributed by atoms with van der Waals surface area (Å²) in [6.45, 7) is 5.88. The quantitative estimate of drug-likeness (QED) is 0.507. The summed E-state index contributed by atoms with van der Waals surface area (Å²) in [6.07, 6.45) is 3.41. The summed E-state index contributed by atoms with van der Waals surface area (Å²) in [7, 11) is 0. The van der Waals surface area contributed by atoms with Crippen LogP contribution in [-0.4, -0.2) is 28.0 Å². The number of urea groups is 1. The Kier molecular flexibility index (Phi) is 6.34. The second-order valence-electron chi connectivity index (χ2n) is 7.81. The summed E-state index contributed by atoms with van der Waals surface area (Å²) >= 11 is 1.38. The van der Waals surface area contributed by atoms with Gasteiger partial charge in [-0.3, -0.25) is 15.1 Å². The SMILES string of the molecule is Cc1cccc(NC(=O)Nc2nc(-c3ccccc3)c(C3C=CC(=O)N(C(C)C)N3)s2)c1. The van der Waals surface area contributed by atoms with Crippen LogP contribution in [-0.2, 0) is 4.79 Å². The van der Waals surface area contributed by atoms with Gasteiger partial charge in [-0.1, -0.05) is 59.9 Å². The van der Waals surface area contributed by atoms with Crippen molar-refractivity contribution in [3.63, 3.8) is 0 Å². The summed E-state index contributed by atoms with van der Waals surface area (Å²) < 4.78 is 0. The van der Waals surface area contributed by atoms with Crippen LogP contribution < -0.4 is 16.1 Å². The summed E-state index contributed by atoms with van der Waals surface area (Å²) in [4.78, 5) is 30.4. The van der Waals surface area contributed by atoms with Crippen molar-refractivity contribution in [1.82, 2.24) is 15.4 Å². The molecule has 0 bridgehead atoms. The summed E-state index contributed by atoms with van der Waals surface area (Å²) in [5, 5.41) is 7.78. The molecule has 0 aliphatic carbocycles. The molecule has 0 fully saturated rings. The molecule has 0 spiro atoms. The van der Waals surface area contributed by atoms with Gasteiger partial charge in [0.05, 0.1) is 16.6 Å². The molecule has 0 radical (unpaired) electrons. The number of hydrazine groups is 1. The Hall–Kier alpha value is -3.49. The number of nitrogens with zero attached hydrogens (tertiary/aromatic N) is 2. The molecule has 7 nitrogen and oxygen atoms in total. The molecule has 164 valence electrons. The number of carbonyl (C=O) groups excluding carboxylic acids is 2. The van der Waals surface area contributed by atoms with Crippen molar-refractivity contribution in [1.29, 1.82) is 0 Å². The fourth-order valence-corrected chi connectivity index (χ4v) is 4.45. The number of aromatic nitrogens is 1. The van der Waals surface area contributed by atoms with Crippen molar-refractivity contribution in [2.24, 2.45) is 0 Å². The highest BCUT2D eigenvalue weighted by atomic mass is 32.1. The molecule has 0 saturated heterocycles. The van der Waals surface area contributed by atoms with E-state index in [1.54, 1.807) is 11.1 Å². The van der Waals surface area contributed by atoms with Crippen LogP contribution in [0.5, 0.6) is 0 Å². The molecule has 32 heavy (non-hydrogen) atoms. The van der Waals surface area contributed by atoms with E-state index in [-0.39, 0.29) is 24.0 Å². The van der Waals surface area contributed by atoms with E-state index in [4.69, 9.17) is 4.98 Å². The van der Waals surface area contributed by atoms with E-state index in [1.165, 1.54) is 11.3 Å². The van der Waals surface area contributed by atoms with Crippen molar-refractivity contribution >= 4 is 34.1 Å². The maximum Gasteiger partial charge on any atom is 0.325 e. The van der Waals surface area contributed by atoms with Gasteiger partial charge in [0, 0.05) is 23.4 Å². The van der Waals surface area contributed by atoms with Crippen molar-refractivity contribution in [2.75, 3.05) is 10.6 Å². The molecular formula is C24H25N5O2S. The van der Waals surface area contributed by atoms with Crippen LogP contribution in [0.15, 0.2) is 66.7 Å². The van der Waals surface area contributed by atoms with Gasteiger partial charge < -0.3 is 5.32 Å². The molecule has 3 amide bonds. The van der Waals surface area contributed by atoms with E-state index in [2.05, 4.69) is 16.1 Å². The summed E-state index contributed by atoms with van der Waals surface area (Å²) in [5.74, 6) is -0.0853. The third kappa shape index (κ3) is 4.87. The Labute approximate surface area is 191 Å². The van der Waals surface area contributed by atoms with Crippen LogP contribution in [0.3, 0.4) is 0 Å². The van der Waals surface area contributed by atoms with Crippen LogP contribution in [0.25, 0.3) is 11.3 Å². The first-order valence-electron chi connectivity index (χ1n) is 10.4. The van der Waals surface area contributed by atoms with Gasteiger partial charge in [0.2, 0.25) is 0 Å². The lowest BCUT2D eigenvalue weighted by Crippen LogP contribution is -2.49. The first-order chi connectivity index (χ1) is 15.4. The molecular weight excluding hydrogens is 422 g/mol. The number of carbonyl (C=O) groups is 2. The molecule has 3 aromatic rings. The van der Waals surface area contributed by atoms with Crippen LogP contribution in [0.2, 0.25) is 0 Å². The molecule has 2 heterocycles. The Morgan fingerprint density at radius 1 is 1.12 bits per heavy atom. The van der Waals surface area contributed by atoms with Crippen molar-refractivity contribution in [3.8, 4) is 11.3 Å². The van der Waals surface area contributed by atoms with Gasteiger partial charge in [0.1, 0.15) is 0 Å². The van der Waals surface area contributed by atoms with Crippen LogP contribution >= 0.6 is 11.3 Å². The van der Waals surface area contributed by atoms with Crippen LogP contribution in [0.1, 0.15) is 30.3 Å². The van der Waals surface area contributed by atoms with Crippen LogP contribution in [0.4, 0.5) is 15.6 Å². The van der Waals surface area contributed by atoms with E-state index in [1.807, 2.05) is 81.4 Å². The molecule has 2 aromatic carbocycles. The highest BCUT2D eigenvalue weighted by molar-refractivity contribution is 7.16. The molecule has 1 atom stereocenters. The zero-order valence-electron chi connectivity index (χ0n) is 18.1. The highest BCUT2D eigenvalue weighted by Gasteiger charge is 2.28. The average Bonchev–Trinajstić information content (AvgIpc) is 3.18. The molecule has 3 N–H and O–H groups in total. The van der Waals surface area contributed by atoms with Gasteiger partial charge in [0.15, 0.2) is 5.13 Å². The first-order valence-corrected chi connectivity index (χ1v) is 11.2. The average molecular weight is 448 g/mol. The molecule has 4 rings (SSSR count). The number of thiazole rings is 1. The van der Waals surface area contributed by atoms with Crippen molar-refractivity contribution in [3.05, 3.63) is 77.2 Å². The predicted octanol–water partition coefficient (Wildman–Crippen LogP) is 5.12. The lowest BCUT2D eigenvalue weighted by molar-refractivity contribution is -0.132.